The number of anilines is 3. The van der Waals surface area contributed by atoms with Crippen LogP contribution in [0.5, 0.6) is 0 Å². The first kappa shape index (κ1) is 13.3. The standard InChI is InChI=1S/C14H15F2N3/c1-2-7-17-13-9-10(6-8-18-13)19-12-5-3-4-11(15)14(12)16/h3-6,8-9H,2,7H2,1H3,(H2,17,18,19). The van der Waals surface area contributed by atoms with Gasteiger partial charge in [0.15, 0.2) is 11.6 Å². The van der Waals surface area contributed by atoms with Gasteiger partial charge in [-0.1, -0.05) is 13.0 Å². The molecule has 0 aliphatic rings. The molecule has 2 rings (SSSR count). The lowest BCUT2D eigenvalue weighted by Gasteiger charge is -2.10. The number of hydrogen-bond donors (Lipinski definition) is 2. The second kappa shape index (κ2) is 6.13. The van der Waals surface area contributed by atoms with Gasteiger partial charge in [0.05, 0.1) is 5.69 Å². The molecule has 5 heteroatoms. The Kier molecular flexibility index (Phi) is 4.28. The van der Waals surface area contributed by atoms with Crippen molar-refractivity contribution in [2.75, 3.05) is 17.2 Å². The predicted octanol–water partition coefficient (Wildman–Crippen LogP) is 3.93. The Balaban J connectivity index is 2.16. The van der Waals surface area contributed by atoms with Crippen LogP contribution in [-0.2, 0) is 0 Å². The van der Waals surface area contributed by atoms with Crippen LogP contribution in [0.25, 0.3) is 0 Å². The van der Waals surface area contributed by atoms with E-state index in [2.05, 4.69) is 22.5 Å². The van der Waals surface area contributed by atoms with Gasteiger partial charge < -0.3 is 10.6 Å². The van der Waals surface area contributed by atoms with Crippen LogP contribution >= 0.6 is 0 Å². The Morgan fingerprint density at radius 3 is 2.84 bits per heavy atom. The van der Waals surface area contributed by atoms with Crippen molar-refractivity contribution in [2.45, 2.75) is 13.3 Å². The molecule has 0 bridgehead atoms. The third-order valence-electron chi connectivity index (χ3n) is 2.55. The zero-order valence-electron chi connectivity index (χ0n) is 10.6. The monoisotopic (exact) mass is 263 g/mol. The summed E-state index contributed by atoms with van der Waals surface area (Å²) in [4.78, 5) is 4.14. The van der Waals surface area contributed by atoms with E-state index in [0.717, 1.165) is 19.0 Å². The SMILES string of the molecule is CCCNc1cc(Nc2cccc(F)c2F)ccn1. The van der Waals surface area contributed by atoms with Crippen LogP contribution in [0, 0.1) is 11.6 Å². The van der Waals surface area contributed by atoms with Crippen LogP contribution in [0.2, 0.25) is 0 Å². The molecule has 0 aliphatic carbocycles. The van der Waals surface area contributed by atoms with Gasteiger partial charge in [-0.25, -0.2) is 13.8 Å². The summed E-state index contributed by atoms with van der Waals surface area (Å²) >= 11 is 0. The van der Waals surface area contributed by atoms with Crippen LogP contribution in [0.3, 0.4) is 0 Å². The largest absolute Gasteiger partial charge is 0.370 e. The summed E-state index contributed by atoms with van der Waals surface area (Å²) < 4.78 is 26.6. The van der Waals surface area contributed by atoms with Crippen molar-refractivity contribution in [3.63, 3.8) is 0 Å². The number of nitrogens with one attached hydrogen (secondary N) is 2. The number of pyridine rings is 1. The van der Waals surface area contributed by atoms with Gasteiger partial charge in [-0.2, -0.15) is 0 Å². The van der Waals surface area contributed by atoms with Gasteiger partial charge in [0.1, 0.15) is 5.82 Å². The molecule has 0 aliphatic heterocycles. The molecule has 19 heavy (non-hydrogen) atoms. The van der Waals surface area contributed by atoms with Gasteiger partial charge in [-0.15, -0.1) is 0 Å². The van der Waals surface area contributed by atoms with E-state index in [0.29, 0.717) is 11.5 Å². The molecule has 0 saturated heterocycles. The minimum atomic E-state index is -0.887. The molecular formula is C14H15F2N3. The molecule has 0 amide bonds. The van der Waals surface area contributed by atoms with E-state index in [4.69, 9.17) is 0 Å². The van der Waals surface area contributed by atoms with Gasteiger partial charge >= 0.3 is 0 Å². The molecule has 2 aromatic rings. The Morgan fingerprint density at radius 2 is 2.05 bits per heavy atom. The van der Waals surface area contributed by atoms with E-state index in [9.17, 15) is 8.78 Å². The van der Waals surface area contributed by atoms with E-state index < -0.39 is 11.6 Å². The summed E-state index contributed by atoms with van der Waals surface area (Å²) in [6.45, 7) is 2.86. The number of nitrogens with zero attached hydrogens (tertiary/aromatic N) is 1. The molecule has 2 N–H and O–H groups in total. The highest BCUT2D eigenvalue weighted by Gasteiger charge is 2.07. The average Bonchev–Trinajstić information content (AvgIpc) is 2.42. The zero-order valence-corrected chi connectivity index (χ0v) is 10.6. The minimum absolute atomic E-state index is 0.104. The maximum Gasteiger partial charge on any atom is 0.182 e. The quantitative estimate of drug-likeness (QED) is 0.858. The smallest absolute Gasteiger partial charge is 0.182 e. The van der Waals surface area contributed by atoms with Crippen molar-refractivity contribution in [3.05, 3.63) is 48.2 Å². The van der Waals surface area contributed by atoms with Crippen LogP contribution in [0.1, 0.15) is 13.3 Å². The van der Waals surface area contributed by atoms with Crippen LogP contribution in [0.4, 0.5) is 26.0 Å². The van der Waals surface area contributed by atoms with E-state index in [1.807, 2.05) is 0 Å². The second-order valence-corrected chi connectivity index (χ2v) is 4.08. The lowest BCUT2D eigenvalue weighted by molar-refractivity contribution is 0.512. The van der Waals surface area contributed by atoms with Crippen molar-refractivity contribution < 1.29 is 8.78 Å². The minimum Gasteiger partial charge on any atom is -0.370 e. The maximum atomic E-state index is 13.5. The normalized spacial score (nSPS) is 10.3. The van der Waals surface area contributed by atoms with Crippen molar-refractivity contribution >= 4 is 17.2 Å². The van der Waals surface area contributed by atoms with Gasteiger partial charge in [0.2, 0.25) is 0 Å². The van der Waals surface area contributed by atoms with Gasteiger partial charge in [-0.3, -0.25) is 0 Å². The summed E-state index contributed by atoms with van der Waals surface area (Å²) in [5, 5.41) is 5.96. The zero-order chi connectivity index (χ0) is 13.7. The molecule has 0 spiro atoms. The fourth-order valence-corrected chi connectivity index (χ4v) is 1.61. The van der Waals surface area contributed by atoms with Crippen molar-refractivity contribution in [1.82, 2.24) is 4.98 Å². The summed E-state index contributed by atoms with van der Waals surface area (Å²) in [7, 11) is 0. The van der Waals surface area contributed by atoms with E-state index >= 15 is 0 Å². The highest BCUT2D eigenvalue weighted by atomic mass is 19.2. The highest BCUT2D eigenvalue weighted by Crippen LogP contribution is 2.22. The molecule has 1 heterocycles. The van der Waals surface area contributed by atoms with Gasteiger partial charge in [0, 0.05) is 24.5 Å². The average molecular weight is 263 g/mol. The van der Waals surface area contributed by atoms with E-state index in [1.165, 1.54) is 12.1 Å². The molecule has 0 saturated carbocycles. The van der Waals surface area contributed by atoms with E-state index in [1.54, 1.807) is 18.3 Å². The first-order chi connectivity index (χ1) is 9.20. The fourth-order valence-electron chi connectivity index (χ4n) is 1.61. The Hall–Kier alpha value is -2.17. The lowest BCUT2D eigenvalue weighted by Crippen LogP contribution is -2.02. The molecular weight excluding hydrogens is 248 g/mol. The van der Waals surface area contributed by atoms with E-state index in [-0.39, 0.29) is 5.69 Å². The molecule has 0 radical (unpaired) electrons. The van der Waals surface area contributed by atoms with Crippen molar-refractivity contribution in [1.29, 1.82) is 0 Å². The number of rotatable bonds is 5. The topological polar surface area (TPSA) is 37.0 Å². The van der Waals surface area contributed by atoms with Crippen LogP contribution in [-0.4, -0.2) is 11.5 Å². The number of aromatic nitrogens is 1. The number of benzene rings is 1. The molecule has 0 unspecified atom stereocenters. The molecule has 0 atom stereocenters. The Morgan fingerprint density at radius 1 is 1.21 bits per heavy atom. The third-order valence-corrected chi connectivity index (χ3v) is 2.55. The summed E-state index contributed by atoms with van der Waals surface area (Å²) in [5.74, 6) is -1.06. The molecule has 0 fully saturated rings. The van der Waals surface area contributed by atoms with Crippen molar-refractivity contribution in [3.8, 4) is 0 Å². The third kappa shape index (κ3) is 3.40. The second-order valence-electron chi connectivity index (χ2n) is 4.08. The summed E-state index contributed by atoms with van der Waals surface area (Å²) in [6.07, 6.45) is 2.59. The first-order valence-electron chi connectivity index (χ1n) is 6.11. The molecule has 3 nitrogen and oxygen atoms in total. The fraction of sp³-hybridized carbons (Fsp3) is 0.214. The van der Waals surface area contributed by atoms with Crippen LogP contribution in [0.15, 0.2) is 36.5 Å². The first-order valence-corrected chi connectivity index (χ1v) is 6.11. The summed E-state index contributed by atoms with van der Waals surface area (Å²) in [6, 6.07) is 7.47. The molecule has 1 aromatic heterocycles. The molecule has 100 valence electrons. The summed E-state index contributed by atoms with van der Waals surface area (Å²) in [5.41, 5.74) is 0.755. The molecule has 1 aromatic carbocycles. The Bertz CT molecular complexity index is 558. The van der Waals surface area contributed by atoms with Gasteiger partial charge in [-0.05, 0) is 24.6 Å². The predicted molar refractivity (Wildman–Crippen MR) is 72.7 cm³/mol. The van der Waals surface area contributed by atoms with Crippen LogP contribution < -0.4 is 10.6 Å². The number of hydrogen-bond acceptors (Lipinski definition) is 3. The maximum absolute atomic E-state index is 13.5. The Labute approximate surface area is 110 Å². The number of halogens is 2. The highest BCUT2D eigenvalue weighted by molar-refractivity contribution is 5.62. The van der Waals surface area contributed by atoms with Gasteiger partial charge in [0.25, 0.3) is 0 Å². The van der Waals surface area contributed by atoms with Crippen molar-refractivity contribution in [2.24, 2.45) is 0 Å². The lowest BCUT2D eigenvalue weighted by atomic mass is 10.2.